The summed E-state index contributed by atoms with van der Waals surface area (Å²) < 4.78 is 96.9. The largest absolute Gasteiger partial charge is 0.341 e. The molecule has 0 aromatic rings. The summed E-state index contributed by atoms with van der Waals surface area (Å²) in [4.78, 5) is 154. The molecule has 0 fully saturated rings. The lowest BCUT2D eigenvalue weighted by atomic mass is 9.87. The maximum atomic E-state index is 12.3. The Morgan fingerprint density at radius 1 is 0.366 bits per heavy atom. The fourth-order valence-electron chi connectivity index (χ4n) is 4.54. The fourth-order valence-corrected chi connectivity index (χ4v) is 19.6. The van der Waals surface area contributed by atoms with E-state index in [2.05, 4.69) is 0 Å². The molecule has 0 radical (unpaired) electrons. The molecule has 0 aliphatic carbocycles. The molecule has 0 aliphatic heterocycles. The second kappa shape index (κ2) is 13.1. The Kier molecular flexibility index (Phi) is 13.5. The highest BCUT2D eigenvalue weighted by Gasteiger charge is 2.76. The predicted molar refractivity (Wildman–Crippen MR) is 132 cm³/mol. The van der Waals surface area contributed by atoms with Crippen molar-refractivity contribution >= 4 is 60.8 Å². The maximum absolute atomic E-state index is 12.3. The predicted octanol–water partition coefficient (Wildman–Crippen LogP) is -1.74. The average molecular weight is 768 g/mol. The second-order valence-electron chi connectivity index (χ2n) is 8.67. The van der Waals surface area contributed by atoms with E-state index >= 15 is 0 Å². The van der Waals surface area contributed by atoms with Gasteiger partial charge in [-0.3, -0.25) is 36.5 Å². The lowest BCUT2D eigenvalue weighted by molar-refractivity contribution is 0.190. The van der Waals surface area contributed by atoms with Crippen molar-refractivity contribution in [1.82, 2.24) is 0 Å². The van der Waals surface area contributed by atoms with E-state index in [4.69, 9.17) is 0 Å². The second-order valence-corrected chi connectivity index (χ2v) is 24.1. The lowest BCUT2D eigenvalue weighted by Gasteiger charge is -2.49. The van der Waals surface area contributed by atoms with Crippen molar-refractivity contribution in [2.24, 2.45) is 5.41 Å². The van der Waals surface area contributed by atoms with Crippen LogP contribution >= 0.6 is 60.8 Å². The molecule has 0 saturated heterocycles. The van der Waals surface area contributed by atoms with E-state index < -0.39 is 113 Å². The monoisotopic (exact) mass is 768 g/mol. The Labute approximate surface area is 228 Å². The van der Waals surface area contributed by atoms with Crippen LogP contribution in [0.25, 0.3) is 0 Å². The van der Waals surface area contributed by atoms with Crippen molar-refractivity contribution in [1.29, 1.82) is 0 Å². The molecule has 0 rings (SSSR count). The molecule has 0 atom stereocenters. The molecule has 41 heavy (non-hydrogen) atoms. The molecule has 0 saturated carbocycles. The van der Waals surface area contributed by atoms with Crippen molar-refractivity contribution in [2.45, 2.75) is 47.3 Å². The number of hydrogen-bond acceptors (Lipinski definition) is 8. The highest BCUT2D eigenvalue weighted by atomic mass is 31.3. The van der Waals surface area contributed by atoms with E-state index in [9.17, 15) is 115 Å². The minimum absolute atomic E-state index is 1.18. The molecule has 32 heteroatoms. The summed E-state index contributed by atoms with van der Waals surface area (Å²) in [6.07, 6.45) is -6.12. The summed E-state index contributed by atoms with van der Waals surface area (Å²) in [6, 6.07) is 0. The third-order valence-corrected chi connectivity index (χ3v) is 21.4. The van der Waals surface area contributed by atoms with Crippen molar-refractivity contribution in [3.63, 3.8) is 0 Å². The number of rotatable bonds is 16. The van der Waals surface area contributed by atoms with Crippen molar-refractivity contribution in [3.05, 3.63) is 0 Å². The molecule has 0 aromatic heterocycles. The molecule has 0 heterocycles. The highest BCUT2D eigenvalue weighted by molar-refractivity contribution is 7.75. The molecular weight excluding hydrogens is 740 g/mol. The molecular formula is C9H28O24P8. The van der Waals surface area contributed by atoms with Gasteiger partial charge in [0.05, 0.1) is 0 Å². The maximum Gasteiger partial charge on any atom is 0.341 e. The van der Waals surface area contributed by atoms with E-state index in [-0.39, 0.29) is 0 Å². The molecule has 248 valence electrons. The van der Waals surface area contributed by atoms with E-state index in [1.54, 1.807) is 0 Å². The van der Waals surface area contributed by atoms with Gasteiger partial charge in [-0.25, -0.2) is 0 Å². The van der Waals surface area contributed by atoms with Gasteiger partial charge in [-0.1, -0.05) is 12.8 Å². The highest BCUT2D eigenvalue weighted by Crippen LogP contribution is 2.84. The number of unbranched alkanes of at least 4 members (excludes halogenated alkanes) is 1. The van der Waals surface area contributed by atoms with Crippen molar-refractivity contribution in [2.75, 3.05) is 0 Å². The van der Waals surface area contributed by atoms with Crippen LogP contribution in [0.15, 0.2) is 0 Å². The zero-order valence-corrected chi connectivity index (χ0v) is 26.8. The van der Waals surface area contributed by atoms with Crippen LogP contribution in [0.2, 0.25) is 0 Å². The smallest absolute Gasteiger partial charge is 0.324 e. The standard InChI is InChI=1S/C9H28O24P8/c10-34(11,12)5(35(13,14)15)3-1-2-4-9(6(36(16,17)18)37(19,20)21,7(38(22,23)24)39(25,26)27)8(40(28,29)30)41(31,32)33/h5-8H,1-4H2,(H2,10,11,12)(H2,13,14,15)(H2,16,17,18)(H2,19,20,21)(H2,22,23,24)(H2,25,26,27)(H2,28,29,30)(H2,31,32,33). The topological polar surface area (TPSA) is 460 Å². The molecule has 0 unspecified atom stereocenters. The van der Waals surface area contributed by atoms with E-state index in [0.717, 1.165) is 0 Å². The molecule has 16 N–H and O–H groups in total. The molecule has 0 aromatic carbocycles. The Bertz CT molecular complexity index is 1120. The first-order valence-corrected chi connectivity index (χ1v) is 23.3. The Morgan fingerprint density at radius 3 is 0.756 bits per heavy atom. The summed E-state index contributed by atoms with van der Waals surface area (Å²) >= 11 is 0. The van der Waals surface area contributed by atoms with Crippen LogP contribution in [-0.2, 0) is 36.5 Å². The first-order valence-electron chi connectivity index (χ1n) is 9.85. The SMILES string of the molecule is O=P(O)(O)C(CCCCC(C(P(=O)(O)O)P(=O)(O)O)(C(P(=O)(O)O)P(=O)(O)O)C(P(=O)(O)O)P(=O)(O)O)P(=O)(O)O. The Balaban J connectivity index is 8.07. The lowest BCUT2D eigenvalue weighted by Crippen LogP contribution is -2.52. The molecule has 0 spiro atoms. The van der Waals surface area contributed by atoms with Crippen LogP contribution in [0.3, 0.4) is 0 Å². The third kappa shape index (κ3) is 11.2. The minimum Gasteiger partial charge on any atom is -0.324 e. The molecule has 0 aliphatic rings. The van der Waals surface area contributed by atoms with Gasteiger partial charge in [-0.15, -0.1) is 0 Å². The summed E-state index contributed by atoms with van der Waals surface area (Å²) in [5, 5.41) is -16.0. The average Bonchev–Trinajstić information content (AvgIpc) is 2.50. The van der Waals surface area contributed by atoms with Gasteiger partial charge in [-0.2, -0.15) is 0 Å². The van der Waals surface area contributed by atoms with Gasteiger partial charge in [0.25, 0.3) is 0 Å². The third-order valence-electron chi connectivity index (χ3n) is 5.45. The quantitative estimate of drug-likeness (QED) is 0.0612. The summed E-state index contributed by atoms with van der Waals surface area (Å²) in [6.45, 7) is 0. The molecule has 0 bridgehead atoms. The normalized spacial score (nSPS) is 15.9. The summed E-state index contributed by atoms with van der Waals surface area (Å²) in [7, 11) is -52.9. The number of hydrogen-bond donors (Lipinski definition) is 16. The van der Waals surface area contributed by atoms with E-state index in [1.165, 1.54) is 0 Å². The van der Waals surface area contributed by atoms with E-state index in [1.807, 2.05) is 0 Å². The van der Waals surface area contributed by atoms with Crippen LogP contribution < -0.4 is 0 Å². The van der Waals surface area contributed by atoms with E-state index in [0.29, 0.717) is 0 Å². The van der Waals surface area contributed by atoms with Gasteiger partial charge >= 0.3 is 60.8 Å². The van der Waals surface area contributed by atoms with Crippen LogP contribution in [0, 0.1) is 5.41 Å². The Hall–Kier alpha value is 1.20. The molecule has 24 nitrogen and oxygen atoms in total. The van der Waals surface area contributed by atoms with Gasteiger partial charge in [0.15, 0.2) is 21.6 Å². The minimum atomic E-state index is -6.91. The molecule has 0 amide bonds. The van der Waals surface area contributed by atoms with Crippen molar-refractivity contribution < 1.29 is 115 Å². The fraction of sp³-hybridized carbons (Fsp3) is 1.00. The van der Waals surface area contributed by atoms with Crippen LogP contribution in [-0.4, -0.2) is 99.9 Å². The Morgan fingerprint density at radius 2 is 0.585 bits per heavy atom. The zero-order chi connectivity index (χ0) is 33.6. The van der Waals surface area contributed by atoms with Gasteiger partial charge in [0, 0.05) is 5.41 Å². The summed E-state index contributed by atoms with van der Waals surface area (Å²) in [5.41, 5.74) is -4.81. The van der Waals surface area contributed by atoms with Gasteiger partial charge in [0.1, 0.15) is 0 Å². The van der Waals surface area contributed by atoms with Gasteiger partial charge in [0.2, 0.25) is 0 Å². The zero-order valence-electron chi connectivity index (χ0n) is 19.6. The summed E-state index contributed by atoms with van der Waals surface area (Å²) in [5.74, 6) is 0. The first-order chi connectivity index (χ1) is 17.4. The van der Waals surface area contributed by atoms with Crippen molar-refractivity contribution in [3.8, 4) is 0 Å². The van der Waals surface area contributed by atoms with Gasteiger partial charge in [-0.05, 0) is 12.8 Å². The van der Waals surface area contributed by atoms with Crippen LogP contribution in [0.1, 0.15) is 25.7 Å². The first kappa shape index (κ1) is 42.2. The van der Waals surface area contributed by atoms with Crippen LogP contribution in [0.5, 0.6) is 0 Å². The van der Waals surface area contributed by atoms with Gasteiger partial charge < -0.3 is 78.3 Å². The van der Waals surface area contributed by atoms with Crippen LogP contribution in [0.4, 0.5) is 0 Å².